The summed E-state index contributed by atoms with van der Waals surface area (Å²) in [7, 11) is 0. The largest absolute Gasteiger partial charge is 0.369 e. The van der Waals surface area contributed by atoms with E-state index in [1.54, 1.807) is 0 Å². The molecule has 1 atom stereocenters. The maximum absolute atomic E-state index is 6.09. The number of aromatic nitrogens is 2. The van der Waals surface area contributed by atoms with Gasteiger partial charge in [-0.1, -0.05) is 28.9 Å². The van der Waals surface area contributed by atoms with E-state index in [4.69, 9.17) is 5.73 Å². The second-order valence-electron chi connectivity index (χ2n) is 5.10. The second-order valence-corrected chi connectivity index (χ2v) is 6.02. The SMILES string of the molecule is CCCn1cc(C2CN=C(N)N2c2cccc(Br)c2)cn1. The number of aryl methyl sites for hydroxylation is 1. The van der Waals surface area contributed by atoms with E-state index in [0.717, 1.165) is 28.7 Å². The van der Waals surface area contributed by atoms with Gasteiger partial charge in [-0.25, -0.2) is 0 Å². The molecule has 110 valence electrons. The first-order valence-electron chi connectivity index (χ1n) is 7.06. The van der Waals surface area contributed by atoms with E-state index in [-0.39, 0.29) is 6.04 Å². The molecule has 0 spiro atoms. The number of rotatable bonds is 4. The van der Waals surface area contributed by atoms with Crippen LogP contribution in [0.4, 0.5) is 5.69 Å². The van der Waals surface area contributed by atoms with Gasteiger partial charge in [-0.2, -0.15) is 5.10 Å². The lowest BCUT2D eigenvalue weighted by Gasteiger charge is -2.25. The lowest BCUT2D eigenvalue weighted by atomic mass is 10.1. The molecular formula is C15H18BrN5. The summed E-state index contributed by atoms with van der Waals surface area (Å²) in [5.41, 5.74) is 8.27. The molecule has 1 aliphatic rings. The average molecular weight is 348 g/mol. The lowest BCUT2D eigenvalue weighted by Crippen LogP contribution is -2.36. The first-order valence-corrected chi connectivity index (χ1v) is 7.85. The number of aliphatic imine (C=N–C) groups is 1. The van der Waals surface area contributed by atoms with Crippen LogP contribution >= 0.6 is 15.9 Å². The molecule has 0 saturated heterocycles. The molecule has 1 aromatic heterocycles. The number of benzene rings is 1. The minimum Gasteiger partial charge on any atom is -0.369 e. The number of anilines is 1. The molecule has 0 aliphatic carbocycles. The Balaban J connectivity index is 1.91. The fraction of sp³-hybridized carbons (Fsp3) is 0.333. The van der Waals surface area contributed by atoms with Crippen molar-refractivity contribution in [1.29, 1.82) is 0 Å². The van der Waals surface area contributed by atoms with E-state index in [1.807, 2.05) is 29.1 Å². The molecule has 1 aliphatic heterocycles. The van der Waals surface area contributed by atoms with Gasteiger partial charge >= 0.3 is 0 Å². The summed E-state index contributed by atoms with van der Waals surface area (Å²) < 4.78 is 3.00. The van der Waals surface area contributed by atoms with Crippen molar-refractivity contribution in [1.82, 2.24) is 9.78 Å². The Morgan fingerprint density at radius 1 is 1.43 bits per heavy atom. The molecule has 2 heterocycles. The van der Waals surface area contributed by atoms with Gasteiger partial charge in [-0.15, -0.1) is 0 Å². The van der Waals surface area contributed by atoms with Crippen LogP contribution in [-0.4, -0.2) is 22.3 Å². The van der Waals surface area contributed by atoms with Crippen LogP contribution < -0.4 is 10.6 Å². The van der Waals surface area contributed by atoms with Gasteiger partial charge in [0.1, 0.15) is 0 Å². The Morgan fingerprint density at radius 3 is 3.05 bits per heavy atom. The molecule has 6 heteroatoms. The van der Waals surface area contributed by atoms with E-state index < -0.39 is 0 Å². The average Bonchev–Trinajstić information content (AvgIpc) is 3.06. The summed E-state index contributed by atoms with van der Waals surface area (Å²) in [6, 6.07) is 8.22. The standard InChI is InChI=1S/C15H18BrN5/c1-2-6-20-10-11(8-19-20)14-9-18-15(17)21(14)13-5-3-4-12(16)7-13/h3-5,7-8,10,14H,2,6,9H2,1H3,(H2,17,18). The zero-order valence-corrected chi connectivity index (χ0v) is 13.5. The lowest BCUT2D eigenvalue weighted by molar-refractivity contribution is 0.601. The third kappa shape index (κ3) is 2.81. The zero-order valence-electron chi connectivity index (χ0n) is 11.9. The van der Waals surface area contributed by atoms with E-state index in [1.165, 1.54) is 0 Å². The van der Waals surface area contributed by atoms with E-state index in [2.05, 4.69) is 50.1 Å². The molecule has 0 radical (unpaired) electrons. The minimum atomic E-state index is 0.116. The number of halogens is 1. The fourth-order valence-electron chi connectivity index (χ4n) is 2.59. The molecule has 2 aromatic rings. The Morgan fingerprint density at radius 2 is 2.29 bits per heavy atom. The van der Waals surface area contributed by atoms with Gasteiger partial charge in [-0.3, -0.25) is 9.67 Å². The van der Waals surface area contributed by atoms with E-state index in [0.29, 0.717) is 12.5 Å². The summed E-state index contributed by atoms with van der Waals surface area (Å²) in [5, 5.41) is 4.41. The first-order chi connectivity index (χ1) is 10.2. The normalized spacial score (nSPS) is 18.1. The van der Waals surface area contributed by atoms with Gasteiger partial charge in [0.05, 0.1) is 18.8 Å². The van der Waals surface area contributed by atoms with Crippen LogP contribution in [-0.2, 0) is 6.54 Å². The highest BCUT2D eigenvalue weighted by molar-refractivity contribution is 9.10. The van der Waals surface area contributed by atoms with Gasteiger partial charge < -0.3 is 10.6 Å². The van der Waals surface area contributed by atoms with Gasteiger partial charge in [-0.05, 0) is 24.6 Å². The van der Waals surface area contributed by atoms with Crippen LogP contribution in [0.15, 0.2) is 46.1 Å². The number of nitrogens with two attached hydrogens (primary N) is 1. The van der Waals surface area contributed by atoms with Crippen molar-refractivity contribution in [2.24, 2.45) is 10.7 Å². The quantitative estimate of drug-likeness (QED) is 0.924. The number of guanidine groups is 1. The highest BCUT2D eigenvalue weighted by Gasteiger charge is 2.29. The maximum Gasteiger partial charge on any atom is 0.196 e. The molecule has 0 saturated carbocycles. The van der Waals surface area contributed by atoms with Crippen molar-refractivity contribution >= 4 is 27.6 Å². The summed E-state index contributed by atoms with van der Waals surface area (Å²) in [6.07, 6.45) is 5.08. The summed E-state index contributed by atoms with van der Waals surface area (Å²) in [4.78, 5) is 6.47. The van der Waals surface area contributed by atoms with Crippen LogP contribution in [0.25, 0.3) is 0 Å². The molecule has 2 N–H and O–H groups in total. The molecular weight excluding hydrogens is 330 g/mol. The molecule has 0 bridgehead atoms. The van der Waals surface area contributed by atoms with E-state index in [9.17, 15) is 0 Å². The molecule has 1 aromatic carbocycles. The summed E-state index contributed by atoms with van der Waals surface area (Å²) in [5.74, 6) is 0.557. The molecule has 3 rings (SSSR count). The van der Waals surface area contributed by atoms with Crippen molar-refractivity contribution in [3.05, 3.63) is 46.7 Å². The Labute approximate surface area is 132 Å². The van der Waals surface area contributed by atoms with Gasteiger partial charge in [0, 0.05) is 28.5 Å². The number of hydrogen-bond acceptors (Lipinski definition) is 4. The van der Waals surface area contributed by atoms with Crippen molar-refractivity contribution in [3.63, 3.8) is 0 Å². The van der Waals surface area contributed by atoms with Crippen molar-refractivity contribution in [3.8, 4) is 0 Å². The number of hydrogen-bond donors (Lipinski definition) is 1. The highest BCUT2D eigenvalue weighted by Crippen LogP contribution is 2.32. The van der Waals surface area contributed by atoms with E-state index >= 15 is 0 Å². The molecule has 5 nitrogen and oxygen atoms in total. The first kappa shape index (κ1) is 14.1. The van der Waals surface area contributed by atoms with Crippen LogP contribution in [0.1, 0.15) is 24.9 Å². The van der Waals surface area contributed by atoms with Crippen molar-refractivity contribution in [2.45, 2.75) is 25.9 Å². The maximum atomic E-state index is 6.09. The summed E-state index contributed by atoms with van der Waals surface area (Å²) >= 11 is 3.51. The second kappa shape index (κ2) is 5.89. The van der Waals surface area contributed by atoms with Crippen LogP contribution in [0.2, 0.25) is 0 Å². The topological polar surface area (TPSA) is 59.4 Å². The zero-order chi connectivity index (χ0) is 14.8. The van der Waals surface area contributed by atoms with Crippen LogP contribution in [0.3, 0.4) is 0 Å². The molecule has 1 unspecified atom stereocenters. The Hall–Kier alpha value is -1.82. The van der Waals surface area contributed by atoms with Crippen LogP contribution in [0.5, 0.6) is 0 Å². The predicted octanol–water partition coefficient (Wildman–Crippen LogP) is 2.93. The number of nitrogens with zero attached hydrogens (tertiary/aromatic N) is 4. The Bertz CT molecular complexity index is 664. The molecule has 0 amide bonds. The van der Waals surface area contributed by atoms with Gasteiger partial charge in [0.2, 0.25) is 0 Å². The molecule has 21 heavy (non-hydrogen) atoms. The third-order valence-corrected chi connectivity index (χ3v) is 4.06. The van der Waals surface area contributed by atoms with Gasteiger partial charge in [0.25, 0.3) is 0 Å². The van der Waals surface area contributed by atoms with Crippen molar-refractivity contribution in [2.75, 3.05) is 11.4 Å². The predicted molar refractivity (Wildman–Crippen MR) is 88.4 cm³/mol. The van der Waals surface area contributed by atoms with Crippen molar-refractivity contribution < 1.29 is 0 Å². The Kier molecular flexibility index (Phi) is 3.96. The fourth-order valence-corrected chi connectivity index (χ4v) is 2.98. The summed E-state index contributed by atoms with van der Waals surface area (Å²) in [6.45, 7) is 3.74. The highest BCUT2D eigenvalue weighted by atomic mass is 79.9. The van der Waals surface area contributed by atoms with Crippen LogP contribution in [0, 0.1) is 0 Å². The monoisotopic (exact) mass is 347 g/mol. The smallest absolute Gasteiger partial charge is 0.196 e. The minimum absolute atomic E-state index is 0.116. The molecule has 0 fully saturated rings. The third-order valence-electron chi connectivity index (χ3n) is 3.56. The van der Waals surface area contributed by atoms with Gasteiger partial charge in [0.15, 0.2) is 5.96 Å².